The van der Waals surface area contributed by atoms with Crippen LogP contribution in [0.5, 0.6) is 0 Å². The topological polar surface area (TPSA) is 6.48 Å². The molecule has 0 bridgehead atoms. The molecule has 0 radical (unpaired) electrons. The van der Waals surface area contributed by atoms with Crippen molar-refractivity contribution in [2.24, 2.45) is 0 Å². The highest BCUT2D eigenvalue weighted by molar-refractivity contribution is 7.27. The van der Waals surface area contributed by atoms with E-state index < -0.39 is 0 Å². The number of fused-ring (bicyclic) bond motifs is 15. The van der Waals surface area contributed by atoms with Gasteiger partial charge in [0.15, 0.2) is 0 Å². The number of para-hydroxylation sites is 2. The highest BCUT2D eigenvalue weighted by Crippen LogP contribution is 2.48. The maximum absolute atomic E-state index is 2.41. The van der Waals surface area contributed by atoms with Gasteiger partial charge in [0, 0.05) is 115 Å². The summed E-state index contributed by atoms with van der Waals surface area (Å²) in [6.45, 7) is 0. The third-order valence-electron chi connectivity index (χ3n) is 12.8. The molecule has 0 spiro atoms. The van der Waals surface area contributed by atoms with E-state index in [2.05, 4.69) is 216 Å². The zero-order valence-electron chi connectivity index (χ0n) is 34.2. The van der Waals surface area contributed by atoms with Crippen molar-refractivity contribution < 1.29 is 0 Å². The summed E-state index contributed by atoms with van der Waals surface area (Å²) in [7, 11) is 0. The SMILES string of the molecule is c1ccc(N(c2ccc3c(c2)sc2ccccc23)c2ccc3c(c2)sc2ccc4c(ccc5sc6cc(N(c7ccccc7)c7ccc8c(c7)sc7ccccc78)ccc6c54)c23)cc1. The molecule has 10 aromatic carbocycles. The third kappa shape index (κ3) is 5.60. The van der Waals surface area contributed by atoms with Crippen molar-refractivity contribution in [1.29, 1.82) is 0 Å². The number of anilines is 6. The normalized spacial score (nSPS) is 12.1. The quantitative estimate of drug-likeness (QED) is 0.164. The molecule has 300 valence electrons. The van der Waals surface area contributed by atoms with Crippen LogP contribution >= 0.6 is 45.3 Å². The molecule has 2 nitrogen and oxygen atoms in total. The summed E-state index contributed by atoms with van der Waals surface area (Å²) in [5, 5.41) is 13.2. The van der Waals surface area contributed by atoms with Gasteiger partial charge in [-0.05, 0) is 108 Å². The molecule has 4 heterocycles. The van der Waals surface area contributed by atoms with Crippen LogP contribution in [0.1, 0.15) is 0 Å². The first-order valence-corrected chi connectivity index (χ1v) is 24.7. The average molecular weight is 887 g/mol. The number of hydrogen-bond donors (Lipinski definition) is 0. The van der Waals surface area contributed by atoms with Gasteiger partial charge < -0.3 is 9.80 Å². The number of benzene rings is 10. The van der Waals surface area contributed by atoms with Crippen LogP contribution in [-0.4, -0.2) is 0 Å². The van der Waals surface area contributed by atoms with Gasteiger partial charge in [-0.3, -0.25) is 0 Å². The number of nitrogens with zero attached hydrogens (tertiary/aromatic N) is 2. The summed E-state index contributed by atoms with van der Waals surface area (Å²) in [6, 6.07) is 76.4. The van der Waals surface area contributed by atoms with Crippen LogP contribution < -0.4 is 9.80 Å². The lowest BCUT2D eigenvalue weighted by Gasteiger charge is -2.25. The summed E-state index contributed by atoms with van der Waals surface area (Å²) < 4.78 is 10.5. The molecule has 4 aromatic heterocycles. The van der Waals surface area contributed by atoms with E-state index in [9.17, 15) is 0 Å². The summed E-state index contributed by atoms with van der Waals surface area (Å²) in [6.07, 6.45) is 0. The molecule has 0 fully saturated rings. The molecule has 14 rings (SSSR count). The van der Waals surface area contributed by atoms with E-state index in [0.29, 0.717) is 0 Å². The van der Waals surface area contributed by atoms with E-state index in [1.165, 1.54) is 91.5 Å². The Morgan fingerprint density at radius 2 is 0.516 bits per heavy atom. The van der Waals surface area contributed by atoms with Gasteiger partial charge in [0.25, 0.3) is 0 Å². The second kappa shape index (κ2) is 14.2. The Morgan fingerprint density at radius 1 is 0.203 bits per heavy atom. The Bertz CT molecular complexity index is 3890. The van der Waals surface area contributed by atoms with Gasteiger partial charge in [0.05, 0.1) is 0 Å². The lowest BCUT2D eigenvalue weighted by atomic mass is 9.99. The molecule has 64 heavy (non-hydrogen) atoms. The van der Waals surface area contributed by atoms with E-state index in [1.54, 1.807) is 0 Å². The van der Waals surface area contributed by atoms with Crippen molar-refractivity contribution in [1.82, 2.24) is 0 Å². The standard InChI is InChI=1S/C58H34N2S4/c1-3-11-35(12-4-1)59(37-19-23-43-41-15-7-9-17-49(41)61-53(43)31-37)39-21-25-47-55(33-39)63-51-29-27-46-45(57(47)51)28-30-52-58(46)48-26-22-40(34-56(48)64-52)60(36-13-5-2-6-14-36)38-20-24-44-42-16-8-10-18-50(42)62-54(44)32-38/h1-34H. The monoisotopic (exact) mass is 886 g/mol. The summed E-state index contributed by atoms with van der Waals surface area (Å²) in [4.78, 5) is 4.81. The van der Waals surface area contributed by atoms with Crippen molar-refractivity contribution in [3.8, 4) is 0 Å². The minimum atomic E-state index is 1.15. The molecular weight excluding hydrogens is 853 g/mol. The Kier molecular flexibility index (Phi) is 8.10. The molecule has 14 aromatic rings. The fourth-order valence-corrected chi connectivity index (χ4v) is 14.6. The second-order valence-corrected chi connectivity index (χ2v) is 20.8. The minimum Gasteiger partial charge on any atom is -0.310 e. The Balaban J connectivity index is 0.890. The smallest absolute Gasteiger partial charge is 0.0476 e. The predicted octanol–water partition coefficient (Wildman–Crippen LogP) is 19.3. The van der Waals surface area contributed by atoms with Gasteiger partial charge in [-0.25, -0.2) is 0 Å². The van der Waals surface area contributed by atoms with Crippen LogP contribution in [0.2, 0.25) is 0 Å². The maximum atomic E-state index is 2.41. The first-order chi connectivity index (χ1) is 31.7. The molecule has 0 N–H and O–H groups in total. The lowest BCUT2D eigenvalue weighted by Crippen LogP contribution is -2.09. The highest BCUT2D eigenvalue weighted by Gasteiger charge is 2.20. The van der Waals surface area contributed by atoms with Crippen molar-refractivity contribution >= 4 is 171 Å². The average Bonchev–Trinajstić information content (AvgIpc) is 4.11. The molecular formula is C58H34N2S4. The van der Waals surface area contributed by atoms with Crippen LogP contribution in [0.15, 0.2) is 206 Å². The molecule has 0 saturated carbocycles. The summed E-state index contributed by atoms with van der Waals surface area (Å²) in [5.41, 5.74) is 6.93. The van der Waals surface area contributed by atoms with E-state index >= 15 is 0 Å². The van der Waals surface area contributed by atoms with Gasteiger partial charge >= 0.3 is 0 Å². The molecule has 6 heteroatoms. The maximum Gasteiger partial charge on any atom is 0.0476 e. The lowest BCUT2D eigenvalue weighted by molar-refractivity contribution is 1.30. The van der Waals surface area contributed by atoms with Gasteiger partial charge in [0.1, 0.15) is 0 Å². The Hall–Kier alpha value is -7.06. The fourth-order valence-electron chi connectivity index (χ4n) is 9.97. The van der Waals surface area contributed by atoms with Gasteiger partial charge in [-0.1, -0.05) is 109 Å². The van der Waals surface area contributed by atoms with Crippen molar-refractivity contribution in [3.63, 3.8) is 0 Å². The molecule has 0 aliphatic heterocycles. The van der Waals surface area contributed by atoms with Crippen LogP contribution in [0, 0.1) is 0 Å². The molecule has 0 unspecified atom stereocenters. The predicted molar refractivity (Wildman–Crippen MR) is 285 cm³/mol. The third-order valence-corrected chi connectivity index (χ3v) is 17.3. The molecule has 0 atom stereocenters. The van der Waals surface area contributed by atoms with E-state index in [-0.39, 0.29) is 0 Å². The minimum absolute atomic E-state index is 1.15. The summed E-state index contributed by atoms with van der Waals surface area (Å²) >= 11 is 7.52. The van der Waals surface area contributed by atoms with Crippen LogP contribution in [0.4, 0.5) is 34.1 Å². The number of thiophene rings is 4. The van der Waals surface area contributed by atoms with Crippen LogP contribution in [-0.2, 0) is 0 Å². The van der Waals surface area contributed by atoms with Gasteiger partial charge in [-0.2, -0.15) is 0 Å². The summed E-state index contributed by atoms with van der Waals surface area (Å²) in [5.74, 6) is 0. The van der Waals surface area contributed by atoms with E-state index in [1.807, 2.05) is 45.3 Å². The molecule has 0 saturated heterocycles. The zero-order chi connectivity index (χ0) is 41.9. The Labute approximate surface area is 384 Å². The van der Waals surface area contributed by atoms with Crippen molar-refractivity contribution in [2.75, 3.05) is 9.80 Å². The van der Waals surface area contributed by atoms with Crippen LogP contribution in [0.3, 0.4) is 0 Å². The molecule has 0 amide bonds. The number of hydrogen-bond acceptors (Lipinski definition) is 6. The van der Waals surface area contributed by atoms with Crippen molar-refractivity contribution in [3.05, 3.63) is 206 Å². The largest absolute Gasteiger partial charge is 0.310 e. The highest BCUT2D eigenvalue weighted by atomic mass is 32.1. The van der Waals surface area contributed by atoms with Gasteiger partial charge in [0.2, 0.25) is 0 Å². The van der Waals surface area contributed by atoms with Gasteiger partial charge in [-0.15, -0.1) is 45.3 Å². The molecule has 0 aliphatic carbocycles. The number of rotatable bonds is 6. The first-order valence-electron chi connectivity index (χ1n) is 21.5. The Morgan fingerprint density at radius 3 is 0.938 bits per heavy atom. The second-order valence-electron chi connectivity index (χ2n) is 16.4. The first kappa shape index (κ1) is 36.4. The van der Waals surface area contributed by atoms with E-state index in [0.717, 1.165) is 34.1 Å². The van der Waals surface area contributed by atoms with E-state index in [4.69, 9.17) is 0 Å². The molecule has 0 aliphatic rings. The van der Waals surface area contributed by atoms with Crippen molar-refractivity contribution in [2.45, 2.75) is 0 Å². The zero-order valence-corrected chi connectivity index (χ0v) is 37.4. The fraction of sp³-hybridized carbons (Fsp3) is 0. The van der Waals surface area contributed by atoms with Crippen LogP contribution in [0.25, 0.3) is 91.5 Å².